The summed E-state index contributed by atoms with van der Waals surface area (Å²) in [6.45, 7) is 3.38. The number of carbonyl (C=O) groups excluding carboxylic acids is 1. The van der Waals surface area contributed by atoms with Crippen molar-refractivity contribution in [3.63, 3.8) is 0 Å². The van der Waals surface area contributed by atoms with E-state index >= 15 is 0 Å². The number of fused-ring (bicyclic) bond motifs is 1. The standard InChI is InChI=1S/C21H25N5O/c1-15(16-6-3-2-4-7-16)25-20-18-9-11-26(13-19(18)23-14-24-20)21(27)17-8-5-10-22-12-17/h5-6,8,10,12,14-15H,2-4,7,9,11,13H2,1H3,(H,23,24,25). The van der Waals surface area contributed by atoms with Crippen LogP contribution in [0.4, 0.5) is 5.82 Å². The van der Waals surface area contributed by atoms with Crippen LogP contribution in [0.5, 0.6) is 0 Å². The molecule has 1 N–H and O–H groups in total. The van der Waals surface area contributed by atoms with E-state index in [0.29, 0.717) is 18.7 Å². The van der Waals surface area contributed by atoms with Crippen molar-refractivity contribution in [1.82, 2.24) is 19.9 Å². The van der Waals surface area contributed by atoms with Crippen LogP contribution in [0.3, 0.4) is 0 Å². The van der Waals surface area contributed by atoms with Gasteiger partial charge >= 0.3 is 0 Å². The molecule has 1 aliphatic carbocycles. The molecule has 2 aromatic rings. The molecule has 2 aromatic heterocycles. The molecule has 2 aliphatic rings. The highest BCUT2D eigenvalue weighted by molar-refractivity contribution is 5.94. The Labute approximate surface area is 159 Å². The van der Waals surface area contributed by atoms with Gasteiger partial charge in [0.15, 0.2) is 0 Å². The fraction of sp³-hybridized carbons (Fsp3) is 0.429. The van der Waals surface area contributed by atoms with Gasteiger partial charge in [-0.05, 0) is 51.2 Å². The van der Waals surface area contributed by atoms with Crippen molar-refractivity contribution in [1.29, 1.82) is 0 Å². The summed E-state index contributed by atoms with van der Waals surface area (Å²) in [6, 6.07) is 3.87. The zero-order valence-corrected chi connectivity index (χ0v) is 15.7. The second-order valence-electron chi connectivity index (χ2n) is 7.26. The Bertz CT molecular complexity index is 849. The number of aromatic nitrogens is 3. The maximum Gasteiger partial charge on any atom is 0.255 e. The van der Waals surface area contributed by atoms with Crippen LogP contribution in [-0.2, 0) is 13.0 Å². The van der Waals surface area contributed by atoms with E-state index in [1.54, 1.807) is 30.9 Å². The number of nitrogens with zero attached hydrogens (tertiary/aromatic N) is 4. The van der Waals surface area contributed by atoms with Gasteiger partial charge in [-0.3, -0.25) is 9.78 Å². The molecule has 27 heavy (non-hydrogen) atoms. The van der Waals surface area contributed by atoms with Gasteiger partial charge in [-0.1, -0.05) is 11.6 Å². The van der Waals surface area contributed by atoms with Crippen molar-refractivity contribution >= 4 is 11.7 Å². The Morgan fingerprint density at radius 3 is 2.96 bits per heavy atom. The van der Waals surface area contributed by atoms with Gasteiger partial charge in [0.05, 0.1) is 17.8 Å². The van der Waals surface area contributed by atoms with Crippen LogP contribution in [-0.4, -0.2) is 38.3 Å². The highest BCUT2D eigenvalue weighted by Crippen LogP contribution is 2.27. The van der Waals surface area contributed by atoms with Crippen LogP contribution in [0, 0.1) is 0 Å². The molecule has 1 amide bonds. The summed E-state index contributed by atoms with van der Waals surface area (Å²) in [5, 5.41) is 3.58. The van der Waals surface area contributed by atoms with Crippen molar-refractivity contribution < 1.29 is 4.79 Å². The quantitative estimate of drug-likeness (QED) is 0.844. The highest BCUT2D eigenvalue weighted by atomic mass is 16.2. The maximum atomic E-state index is 12.7. The van der Waals surface area contributed by atoms with E-state index in [-0.39, 0.29) is 11.9 Å². The zero-order chi connectivity index (χ0) is 18.6. The Morgan fingerprint density at radius 1 is 1.26 bits per heavy atom. The number of rotatable bonds is 4. The lowest BCUT2D eigenvalue weighted by Gasteiger charge is -2.30. The van der Waals surface area contributed by atoms with E-state index in [4.69, 9.17) is 0 Å². The van der Waals surface area contributed by atoms with E-state index in [1.807, 2.05) is 4.90 Å². The van der Waals surface area contributed by atoms with Gasteiger partial charge in [0.1, 0.15) is 12.1 Å². The average Bonchev–Trinajstić information content (AvgIpc) is 2.74. The van der Waals surface area contributed by atoms with E-state index in [0.717, 1.165) is 29.9 Å². The lowest BCUT2D eigenvalue weighted by Crippen LogP contribution is -2.37. The van der Waals surface area contributed by atoms with Gasteiger partial charge in [0, 0.05) is 30.5 Å². The number of hydrogen-bond donors (Lipinski definition) is 1. The molecule has 0 bridgehead atoms. The average molecular weight is 363 g/mol. The number of pyridine rings is 1. The van der Waals surface area contributed by atoms with Crippen molar-refractivity contribution in [2.45, 2.75) is 51.6 Å². The largest absolute Gasteiger partial charge is 0.364 e. The molecule has 1 unspecified atom stereocenters. The lowest BCUT2D eigenvalue weighted by molar-refractivity contribution is 0.0731. The van der Waals surface area contributed by atoms with Gasteiger partial charge in [-0.15, -0.1) is 0 Å². The van der Waals surface area contributed by atoms with Gasteiger partial charge in [0.25, 0.3) is 5.91 Å². The fourth-order valence-electron chi connectivity index (χ4n) is 3.88. The van der Waals surface area contributed by atoms with Gasteiger partial charge in [-0.2, -0.15) is 0 Å². The van der Waals surface area contributed by atoms with Gasteiger partial charge in [-0.25, -0.2) is 9.97 Å². The second kappa shape index (κ2) is 7.86. The summed E-state index contributed by atoms with van der Waals surface area (Å²) in [4.78, 5) is 27.5. The predicted molar refractivity (Wildman–Crippen MR) is 104 cm³/mol. The number of amides is 1. The molecule has 0 fully saturated rings. The molecule has 4 rings (SSSR count). The van der Waals surface area contributed by atoms with Crippen LogP contribution in [0.25, 0.3) is 0 Å². The van der Waals surface area contributed by atoms with E-state index in [2.05, 4.69) is 33.3 Å². The molecule has 1 atom stereocenters. The summed E-state index contributed by atoms with van der Waals surface area (Å²) in [5.41, 5.74) is 4.15. The molecule has 3 heterocycles. The summed E-state index contributed by atoms with van der Waals surface area (Å²) in [5.74, 6) is 0.912. The van der Waals surface area contributed by atoms with Gasteiger partial charge in [0.2, 0.25) is 0 Å². The normalized spacial score (nSPS) is 17.7. The van der Waals surface area contributed by atoms with E-state index < -0.39 is 0 Å². The molecule has 6 nitrogen and oxygen atoms in total. The molecule has 0 spiro atoms. The SMILES string of the molecule is CC(Nc1ncnc2c1CCN(C(=O)c1cccnc1)C2)C1=CCCCC1. The molecule has 1 aliphatic heterocycles. The van der Waals surface area contributed by atoms with Crippen LogP contribution < -0.4 is 5.32 Å². The smallest absolute Gasteiger partial charge is 0.255 e. The minimum Gasteiger partial charge on any atom is -0.364 e. The number of anilines is 1. The van der Waals surface area contributed by atoms with E-state index in [9.17, 15) is 4.79 Å². The number of carbonyl (C=O) groups is 1. The monoisotopic (exact) mass is 363 g/mol. The van der Waals surface area contributed by atoms with Crippen molar-refractivity contribution in [3.05, 3.63) is 59.3 Å². The minimum atomic E-state index is 0.00241. The van der Waals surface area contributed by atoms with Crippen LogP contribution in [0.2, 0.25) is 0 Å². The zero-order valence-electron chi connectivity index (χ0n) is 15.7. The van der Waals surface area contributed by atoms with Crippen molar-refractivity contribution in [2.24, 2.45) is 0 Å². The summed E-state index contributed by atoms with van der Waals surface area (Å²) >= 11 is 0. The fourth-order valence-corrected chi connectivity index (χ4v) is 3.88. The summed E-state index contributed by atoms with van der Waals surface area (Å²) in [6.07, 6.45) is 12.9. The summed E-state index contributed by atoms with van der Waals surface area (Å²) in [7, 11) is 0. The van der Waals surface area contributed by atoms with Crippen molar-refractivity contribution in [3.8, 4) is 0 Å². The molecule has 0 saturated carbocycles. The minimum absolute atomic E-state index is 0.00241. The first-order valence-corrected chi connectivity index (χ1v) is 9.70. The topological polar surface area (TPSA) is 71.0 Å². The Kier molecular flexibility index (Phi) is 5.14. The third kappa shape index (κ3) is 3.84. The van der Waals surface area contributed by atoms with E-state index in [1.165, 1.54) is 24.8 Å². The first kappa shape index (κ1) is 17.6. The highest BCUT2D eigenvalue weighted by Gasteiger charge is 2.25. The molecule has 6 heteroatoms. The van der Waals surface area contributed by atoms with Crippen LogP contribution in [0.15, 0.2) is 42.5 Å². The Morgan fingerprint density at radius 2 is 2.19 bits per heavy atom. The third-order valence-electron chi connectivity index (χ3n) is 5.44. The Hall–Kier alpha value is -2.76. The second-order valence-corrected chi connectivity index (χ2v) is 7.26. The molecular formula is C21H25N5O. The summed E-state index contributed by atoms with van der Waals surface area (Å²) < 4.78 is 0. The molecule has 0 saturated heterocycles. The molecule has 0 aromatic carbocycles. The van der Waals surface area contributed by atoms with Crippen LogP contribution >= 0.6 is 0 Å². The number of allylic oxidation sites excluding steroid dienone is 1. The van der Waals surface area contributed by atoms with Gasteiger partial charge < -0.3 is 10.2 Å². The molecular weight excluding hydrogens is 338 g/mol. The molecule has 140 valence electrons. The number of hydrogen-bond acceptors (Lipinski definition) is 5. The first-order chi connectivity index (χ1) is 13.2. The first-order valence-electron chi connectivity index (χ1n) is 9.70. The maximum absolute atomic E-state index is 12.7. The van der Waals surface area contributed by atoms with Crippen molar-refractivity contribution in [2.75, 3.05) is 11.9 Å². The lowest BCUT2D eigenvalue weighted by atomic mass is 9.94. The number of nitrogens with one attached hydrogen (secondary N) is 1. The Balaban J connectivity index is 1.50. The predicted octanol–water partition coefficient (Wildman–Crippen LogP) is 3.37. The van der Waals surface area contributed by atoms with Crippen LogP contribution in [0.1, 0.15) is 54.2 Å². The third-order valence-corrected chi connectivity index (χ3v) is 5.44. The molecule has 0 radical (unpaired) electrons.